The molecule has 204 valence electrons. The van der Waals surface area contributed by atoms with Crippen LogP contribution in [-0.2, 0) is 6.42 Å². The van der Waals surface area contributed by atoms with Crippen LogP contribution in [0.3, 0.4) is 0 Å². The summed E-state index contributed by atoms with van der Waals surface area (Å²) in [6.45, 7) is 17.4. The van der Waals surface area contributed by atoms with Crippen LogP contribution >= 0.6 is 0 Å². The van der Waals surface area contributed by atoms with Crippen molar-refractivity contribution in [2.45, 2.75) is 112 Å². The number of rotatable bonds is 15. The SMILES string of the molecule is C=CCC/C(=C\C)CC(C)c1[nH]c2c3c(ccc2c1CCC)C(CC/C=C/C/C(C)=C/CCC)=C=C(C)N3. The maximum atomic E-state index is 3.92. The van der Waals surface area contributed by atoms with Gasteiger partial charge in [0.1, 0.15) is 0 Å². The maximum Gasteiger partial charge on any atom is 0.0714 e. The summed E-state index contributed by atoms with van der Waals surface area (Å²) in [4.78, 5) is 3.92. The zero-order valence-electron chi connectivity index (χ0n) is 24.9. The first kappa shape index (κ1) is 29.6. The lowest BCUT2D eigenvalue weighted by molar-refractivity contribution is 0.693. The molecule has 0 saturated carbocycles. The molecule has 1 aliphatic heterocycles. The van der Waals surface area contributed by atoms with Crippen LogP contribution in [0.25, 0.3) is 16.5 Å². The van der Waals surface area contributed by atoms with Crippen LogP contribution in [0, 0.1) is 0 Å². The van der Waals surface area contributed by atoms with E-state index in [1.54, 1.807) is 0 Å². The molecular formula is C36H50N2. The van der Waals surface area contributed by atoms with E-state index in [9.17, 15) is 0 Å². The smallest absolute Gasteiger partial charge is 0.0714 e. The number of nitrogens with one attached hydrogen (secondary N) is 2. The van der Waals surface area contributed by atoms with E-state index in [0.29, 0.717) is 5.92 Å². The molecule has 1 unspecified atom stereocenters. The predicted octanol–water partition coefficient (Wildman–Crippen LogP) is 11.3. The number of aryl methyl sites for hydroxylation is 1. The lowest BCUT2D eigenvalue weighted by Gasteiger charge is -2.19. The highest BCUT2D eigenvalue weighted by Gasteiger charge is 2.22. The van der Waals surface area contributed by atoms with Crippen LogP contribution in [0.15, 0.2) is 71.7 Å². The van der Waals surface area contributed by atoms with Crippen LogP contribution in [0.5, 0.6) is 0 Å². The lowest BCUT2D eigenvalue weighted by atomic mass is 9.90. The Morgan fingerprint density at radius 3 is 2.61 bits per heavy atom. The second-order valence-corrected chi connectivity index (χ2v) is 11.0. The fraction of sp³-hybridized carbons (Fsp3) is 0.472. The summed E-state index contributed by atoms with van der Waals surface area (Å²) < 4.78 is 0. The van der Waals surface area contributed by atoms with Gasteiger partial charge in [-0.2, -0.15) is 0 Å². The van der Waals surface area contributed by atoms with Crippen molar-refractivity contribution in [3.8, 4) is 0 Å². The van der Waals surface area contributed by atoms with Crippen molar-refractivity contribution in [1.29, 1.82) is 0 Å². The molecule has 0 radical (unpaired) electrons. The highest BCUT2D eigenvalue weighted by molar-refractivity contribution is 6.01. The third-order valence-corrected chi connectivity index (χ3v) is 7.68. The number of H-pyrrole nitrogens is 1. The van der Waals surface area contributed by atoms with E-state index in [-0.39, 0.29) is 0 Å². The van der Waals surface area contributed by atoms with Gasteiger partial charge in [-0.3, -0.25) is 0 Å². The summed E-state index contributed by atoms with van der Waals surface area (Å²) >= 11 is 0. The molecule has 0 amide bonds. The number of anilines is 1. The van der Waals surface area contributed by atoms with E-state index < -0.39 is 0 Å². The normalized spacial score (nSPS) is 14.9. The van der Waals surface area contributed by atoms with Crippen LogP contribution in [0.2, 0.25) is 0 Å². The maximum absolute atomic E-state index is 3.92. The first-order chi connectivity index (χ1) is 18.4. The van der Waals surface area contributed by atoms with E-state index in [4.69, 9.17) is 0 Å². The monoisotopic (exact) mass is 510 g/mol. The van der Waals surface area contributed by atoms with Gasteiger partial charge in [-0.15, -0.1) is 6.58 Å². The molecule has 2 N–H and O–H groups in total. The van der Waals surface area contributed by atoms with Gasteiger partial charge < -0.3 is 10.3 Å². The van der Waals surface area contributed by atoms with Crippen molar-refractivity contribution in [1.82, 2.24) is 4.98 Å². The summed E-state index contributed by atoms with van der Waals surface area (Å²) in [5.41, 5.74) is 15.7. The third-order valence-electron chi connectivity index (χ3n) is 7.68. The second-order valence-electron chi connectivity index (χ2n) is 11.0. The molecule has 0 fully saturated rings. The Labute approximate surface area is 232 Å². The highest BCUT2D eigenvalue weighted by Crippen LogP contribution is 2.41. The summed E-state index contributed by atoms with van der Waals surface area (Å²) in [6.07, 6.45) is 22.3. The molecule has 1 atom stereocenters. The second kappa shape index (κ2) is 14.8. The first-order valence-corrected chi connectivity index (χ1v) is 14.9. The average Bonchev–Trinajstić information content (AvgIpc) is 3.28. The summed E-state index contributed by atoms with van der Waals surface area (Å²) in [5, 5.41) is 5.05. The molecule has 2 heterocycles. The number of benzene rings is 1. The molecule has 38 heavy (non-hydrogen) atoms. The van der Waals surface area contributed by atoms with Crippen molar-refractivity contribution in [2.24, 2.45) is 0 Å². The van der Waals surface area contributed by atoms with Gasteiger partial charge in [0.25, 0.3) is 0 Å². The summed E-state index contributed by atoms with van der Waals surface area (Å²) in [7, 11) is 0. The number of aromatic amines is 1. The fourth-order valence-electron chi connectivity index (χ4n) is 5.61. The molecule has 2 aromatic rings. The zero-order chi connectivity index (χ0) is 27.5. The van der Waals surface area contributed by atoms with Crippen molar-refractivity contribution >= 4 is 22.2 Å². The lowest BCUT2D eigenvalue weighted by Crippen LogP contribution is -2.04. The van der Waals surface area contributed by atoms with Gasteiger partial charge in [-0.05, 0) is 77.7 Å². The minimum atomic E-state index is 0.450. The minimum absolute atomic E-state index is 0.450. The molecule has 0 spiro atoms. The average molecular weight is 511 g/mol. The van der Waals surface area contributed by atoms with Crippen LogP contribution in [-0.4, -0.2) is 4.98 Å². The number of hydrogen-bond donors (Lipinski definition) is 2. The molecule has 1 aromatic heterocycles. The Hall–Kier alpha value is -2.96. The number of unbranched alkanes of at least 4 members (excludes halogenated alkanes) is 1. The summed E-state index contributed by atoms with van der Waals surface area (Å²) in [5.74, 6) is 0.450. The quantitative estimate of drug-likeness (QED) is 0.181. The Kier molecular flexibility index (Phi) is 11.6. The zero-order valence-corrected chi connectivity index (χ0v) is 24.9. The Bertz CT molecular complexity index is 1250. The van der Waals surface area contributed by atoms with E-state index in [2.05, 4.69) is 101 Å². The van der Waals surface area contributed by atoms with E-state index in [1.165, 1.54) is 63.0 Å². The number of fused-ring (bicyclic) bond motifs is 3. The van der Waals surface area contributed by atoms with Gasteiger partial charge in [-0.1, -0.05) is 93.0 Å². The molecule has 2 heteroatoms. The van der Waals surface area contributed by atoms with Crippen LogP contribution in [0.1, 0.15) is 122 Å². The standard InChI is InChI=1S/C36H50N2/c1-8-12-18-26(5)19-15-14-16-21-30-25-28(7)37-35-31(30)22-23-33-32(17-10-3)34(38-36(33)35)27(6)24-29(11-4)20-13-9-2/h9,11,14-15,18,22-23,27,37-38H,2,8,10,12-13,16-17,19-21,24H2,1,3-7H3/b15-14+,26-18+,29-11+. The Morgan fingerprint density at radius 1 is 1.08 bits per heavy atom. The molecule has 1 aromatic carbocycles. The largest absolute Gasteiger partial charge is 0.356 e. The predicted molar refractivity (Wildman–Crippen MR) is 170 cm³/mol. The van der Waals surface area contributed by atoms with Gasteiger partial charge in [0.05, 0.1) is 16.9 Å². The number of aromatic nitrogens is 1. The van der Waals surface area contributed by atoms with Crippen molar-refractivity contribution < 1.29 is 0 Å². The van der Waals surface area contributed by atoms with Gasteiger partial charge in [0.2, 0.25) is 0 Å². The van der Waals surface area contributed by atoms with Crippen LogP contribution in [0.4, 0.5) is 5.69 Å². The molecule has 0 saturated heterocycles. The van der Waals surface area contributed by atoms with Crippen molar-refractivity contribution in [2.75, 3.05) is 5.32 Å². The molecule has 1 aliphatic rings. The Morgan fingerprint density at radius 2 is 1.89 bits per heavy atom. The van der Waals surface area contributed by atoms with Gasteiger partial charge >= 0.3 is 0 Å². The number of allylic oxidation sites excluding steroid dienone is 8. The van der Waals surface area contributed by atoms with E-state index in [0.717, 1.165) is 57.1 Å². The number of hydrogen-bond acceptors (Lipinski definition) is 1. The first-order valence-electron chi connectivity index (χ1n) is 14.9. The van der Waals surface area contributed by atoms with E-state index >= 15 is 0 Å². The molecule has 3 rings (SSSR count). The van der Waals surface area contributed by atoms with Gasteiger partial charge in [-0.25, -0.2) is 0 Å². The van der Waals surface area contributed by atoms with Crippen molar-refractivity contribution in [3.05, 3.63) is 88.5 Å². The molecular weight excluding hydrogens is 460 g/mol. The fourth-order valence-corrected chi connectivity index (χ4v) is 5.61. The molecule has 0 bridgehead atoms. The molecule has 0 aliphatic carbocycles. The minimum Gasteiger partial charge on any atom is -0.356 e. The summed E-state index contributed by atoms with van der Waals surface area (Å²) in [6, 6.07) is 4.67. The van der Waals surface area contributed by atoms with Gasteiger partial charge in [0, 0.05) is 28.1 Å². The molecule has 2 nitrogen and oxygen atoms in total. The topological polar surface area (TPSA) is 27.8 Å². The van der Waals surface area contributed by atoms with Crippen molar-refractivity contribution in [3.63, 3.8) is 0 Å². The van der Waals surface area contributed by atoms with Crippen LogP contribution < -0.4 is 5.32 Å². The van der Waals surface area contributed by atoms with E-state index in [1.807, 2.05) is 6.08 Å². The Balaban J connectivity index is 1.87. The third kappa shape index (κ3) is 7.55. The highest BCUT2D eigenvalue weighted by atomic mass is 14.9. The van der Waals surface area contributed by atoms with Gasteiger partial charge in [0.15, 0.2) is 0 Å².